The van der Waals surface area contributed by atoms with Crippen LogP contribution >= 0.6 is 11.6 Å². The van der Waals surface area contributed by atoms with E-state index in [4.69, 9.17) is 17.3 Å². The molecule has 20 heavy (non-hydrogen) atoms. The molecule has 0 aliphatic heterocycles. The summed E-state index contributed by atoms with van der Waals surface area (Å²) in [4.78, 5) is 0.0716. The molecule has 0 aliphatic rings. The summed E-state index contributed by atoms with van der Waals surface area (Å²) in [6, 6.07) is 7.97. The van der Waals surface area contributed by atoms with Crippen LogP contribution in [0.4, 0.5) is 15.8 Å². The fourth-order valence-corrected chi connectivity index (χ4v) is 2.86. The van der Waals surface area contributed by atoms with Crippen molar-refractivity contribution in [3.63, 3.8) is 0 Å². The zero-order chi connectivity index (χ0) is 14.9. The van der Waals surface area contributed by atoms with Gasteiger partial charge < -0.3 is 5.73 Å². The third-order valence-corrected chi connectivity index (χ3v) is 4.49. The zero-order valence-electron chi connectivity index (χ0n) is 10.5. The van der Waals surface area contributed by atoms with Gasteiger partial charge in [0.05, 0.1) is 16.3 Å². The molecular formula is C13H12ClFN2O2S. The van der Waals surface area contributed by atoms with E-state index in [1.54, 1.807) is 6.92 Å². The molecule has 0 aromatic heterocycles. The topological polar surface area (TPSA) is 72.2 Å². The first-order valence-electron chi connectivity index (χ1n) is 5.63. The minimum Gasteiger partial charge on any atom is -0.396 e. The summed E-state index contributed by atoms with van der Waals surface area (Å²) in [7, 11) is -3.77. The minimum absolute atomic E-state index is 0.0716. The lowest BCUT2D eigenvalue weighted by molar-refractivity contribution is 0.601. The summed E-state index contributed by atoms with van der Waals surface area (Å²) >= 11 is 5.86. The summed E-state index contributed by atoms with van der Waals surface area (Å²) < 4.78 is 39.7. The lowest BCUT2D eigenvalue weighted by Crippen LogP contribution is -2.13. The number of benzene rings is 2. The number of hydrogen-bond donors (Lipinski definition) is 2. The van der Waals surface area contributed by atoms with Gasteiger partial charge >= 0.3 is 0 Å². The van der Waals surface area contributed by atoms with Crippen molar-refractivity contribution in [1.29, 1.82) is 0 Å². The van der Waals surface area contributed by atoms with Crippen LogP contribution in [0, 0.1) is 12.7 Å². The number of rotatable bonds is 3. The molecule has 2 aromatic rings. The predicted molar refractivity (Wildman–Crippen MR) is 77.8 cm³/mol. The summed E-state index contributed by atoms with van der Waals surface area (Å²) in [6.45, 7) is 1.71. The lowest BCUT2D eigenvalue weighted by atomic mass is 10.2. The van der Waals surface area contributed by atoms with Gasteiger partial charge in [-0.2, -0.15) is 0 Å². The van der Waals surface area contributed by atoms with Gasteiger partial charge in [-0.3, -0.25) is 4.72 Å². The molecule has 0 saturated heterocycles. The predicted octanol–water partition coefficient (Wildman–Crippen LogP) is 3.17. The molecule has 0 fully saturated rings. The fraction of sp³-hybridized carbons (Fsp3) is 0.0769. The van der Waals surface area contributed by atoms with Gasteiger partial charge in [0.15, 0.2) is 0 Å². The van der Waals surface area contributed by atoms with Crippen LogP contribution in [0.3, 0.4) is 0 Å². The Balaban J connectivity index is 2.35. The molecule has 4 nitrogen and oxygen atoms in total. The fourth-order valence-electron chi connectivity index (χ4n) is 1.61. The Morgan fingerprint density at radius 2 is 1.90 bits per heavy atom. The second-order valence-electron chi connectivity index (χ2n) is 4.25. The Labute approximate surface area is 121 Å². The number of anilines is 2. The number of halogens is 2. The number of nitrogens with one attached hydrogen (secondary N) is 1. The Kier molecular flexibility index (Phi) is 3.87. The van der Waals surface area contributed by atoms with E-state index in [-0.39, 0.29) is 16.3 Å². The molecule has 0 bridgehead atoms. The Hall–Kier alpha value is -1.79. The summed E-state index contributed by atoms with van der Waals surface area (Å²) in [6.07, 6.45) is 0. The maximum absolute atomic E-state index is 13.0. The van der Waals surface area contributed by atoms with Crippen LogP contribution < -0.4 is 10.5 Å². The van der Waals surface area contributed by atoms with Crippen LogP contribution in [0.1, 0.15) is 5.56 Å². The van der Waals surface area contributed by atoms with Crippen molar-refractivity contribution in [1.82, 2.24) is 0 Å². The molecule has 0 radical (unpaired) electrons. The molecule has 2 rings (SSSR count). The molecule has 2 aromatic carbocycles. The van der Waals surface area contributed by atoms with E-state index in [9.17, 15) is 12.8 Å². The smallest absolute Gasteiger partial charge is 0.261 e. The highest BCUT2D eigenvalue weighted by Gasteiger charge is 2.15. The molecule has 106 valence electrons. The van der Waals surface area contributed by atoms with Crippen LogP contribution in [0.25, 0.3) is 0 Å². The summed E-state index contributed by atoms with van der Waals surface area (Å²) in [5.41, 5.74) is 6.11. The highest BCUT2D eigenvalue weighted by molar-refractivity contribution is 7.92. The average Bonchev–Trinajstić information content (AvgIpc) is 2.37. The van der Waals surface area contributed by atoms with Crippen molar-refractivity contribution in [2.45, 2.75) is 11.8 Å². The first kappa shape index (κ1) is 14.6. The molecular weight excluding hydrogens is 303 g/mol. The first-order valence-corrected chi connectivity index (χ1v) is 7.50. The molecule has 0 heterocycles. The average molecular weight is 315 g/mol. The molecule has 7 heteroatoms. The molecule has 3 N–H and O–H groups in total. The van der Waals surface area contributed by atoms with Crippen LogP contribution in [-0.2, 0) is 10.0 Å². The molecule has 0 atom stereocenters. The van der Waals surface area contributed by atoms with Gasteiger partial charge in [0.2, 0.25) is 0 Å². The van der Waals surface area contributed by atoms with Gasteiger partial charge in [-0.15, -0.1) is 0 Å². The van der Waals surface area contributed by atoms with Gasteiger partial charge in [-0.1, -0.05) is 11.6 Å². The number of hydrogen-bond acceptors (Lipinski definition) is 3. The third-order valence-electron chi connectivity index (χ3n) is 2.69. The molecule has 0 saturated carbocycles. The third kappa shape index (κ3) is 3.02. The van der Waals surface area contributed by atoms with Crippen molar-refractivity contribution in [3.8, 4) is 0 Å². The van der Waals surface area contributed by atoms with E-state index in [0.29, 0.717) is 10.6 Å². The van der Waals surface area contributed by atoms with Crippen molar-refractivity contribution >= 4 is 33.0 Å². The summed E-state index contributed by atoms with van der Waals surface area (Å²) in [5, 5.41) is 0.481. The Morgan fingerprint density at radius 1 is 1.20 bits per heavy atom. The Bertz CT molecular complexity index is 763. The van der Waals surface area contributed by atoms with E-state index in [0.717, 1.165) is 6.07 Å². The van der Waals surface area contributed by atoms with E-state index < -0.39 is 15.8 Å². The van der Waals surface area contributed by atoms with Gasteiger partial charge in [0.25, 0.3) is 10.0 Å². The highest BCUT2D eigenvalue weighted by atomic mass is 35.5. The Morgan fingerprint density at radius 3 is 2.50 bits per heavy atom. The first-order chi connectivity index (χ1) is 9.29. The maximum atomic E-state index is 13.0. The second-order valence-corrected chi connectivity index (χ2v) is 6.34. The van der Waals surface area contributed by atoms with Crippen LogP contribution in [0.5, 0.6) is 0 Å². The summed E-state index contributed by atoms with van der Waals surface area (Å²) in [5.74, 6) is -0.602. The van der Waals surface area contributed by atoms with E-state index >= 15 is 0 Å². The lowest BCUT2D eigenvalue weighted by Gasteiger charge is -2.10. The quantitative estimate of drug-likeness (QED) is 0.855. The zero-order valence-corrected chi connectivity index (χ0v) is 12.1. The highest BCUT2D eigenvalue weighted by Crippen LogP contribution is 2.23. The van der Waals surface area contributed by atoms with E-state index in [2.05, 4.69) is 4.72 Å². The molecule has 0 amide bonds. The van der Waals surface area contributed by atoms with Crippen molar-refractivity contribution < 1.29 is 12.8 Å². The van der Waals surface area contributed by atoms with Crippen molar-refractivity contribution in [3.05, 3.63) is 52.8 Å². The van der Waals surface area contributed by atoms with Crippen molar-refractivity contribution in [2.24, 2.45) is 0 Å². The van der Waals surface area contributed by atoms with Crippen molar-refractivity contribution in [2.75, 3.05) is 10.5 Å². The molecule has 0 aliphatic carbocycles. The number of nitrogen functional groups attached to an aromatic ring is 1. The maximum Gasteiger partial charge on any atom is 0.261 e. The van der Waals surface area contributed by atoms with E-state index in [1.165, 1.54) is 30.3 Å². The largest absolute Gasteiger partial charge is 0.396 e. The normalized spacial score (nSPS) is 11.3. The monoisotopic (exact) mass is 314 g/mol. The van der Waals surface area contributed by atoms with Gasteiger partial charge in [-0.25, -0.2) is 12.8 Å². The molecule has 0 unspecified atom stereocenters. The SMILES string of the molecule is Cc1cc(S(=O)(=O)Nc2ccc(F)c(N)c2)ccc1Cl. The number of aryl methyl sites for hydroxylation is 1. The number of nitrogens with two attached hydrogens (primary N) is 1. The van der Waals surface area contributed by atoms with Crippen LogP contribution in [0.2, 0.25) is 5.02 Å². The minimum atomic E-state index is -3.77. The standard InChI is InChI=1S/C13H12ClFN2O2S/c1-8-6-10(3-4-11(8)14)20(18,19)17-9-2-5-12(15)13(16)7-9/h2-7,17H,16H2,1H3. The molecule has 0 spiro atoms. The number of sulfonamides is 1. The van der Waals surface area contributed by atoms with Crippen LogP contribution in [-0.4, -0.2) is 8.42 Å². The van der Waals surface area contributed by atoms with Crippen LogP contribution in [0.15, 0.2) is 41.3 Å². The van der Waals surface area contributed by atoms with Gasteiger partial charge in [0, 0.05) is 5.02 Å². The van der Waals surface area contributed by atoms with E-state index in [1.807, 2.05) is 0 Å². The second kappa shape index (κ2) is 5.30. The van der Waals surface area contributed by atoms with Gasteiger partial charge in [-0.05, 0) is 48.9 Å². The van der Waals surface area contributed by atoms with Gasteiger partial charge in [0.1, 0.15) is 5.82 Å².